The topological polar surface area (TPSA) is 110 Å². The Kier molecular flexibility index (Phi) is 5.58. The second kappa shape index (κ2) is 8.71. The van der Waals surface area contributed by atoms with Crippen LogP contribution in [0.4, 0.5) is 0 Å². The molecule has 10 heteroatoms. The van der Waals surface area contributed by atoms with Crippen molar-refractivity contribution in [3.8, 4) is 5.75 Å². The number of hydrogen-bond acceptors (Lipinski definition) is 7. The van der Waals surface area contributed by atoms with E-state index in [1.165, 1.54) is 9.91 Å². The molecular formula is C24H24N6O4. The van der Waals surface area contributed by atoms with Crippen LogP contribution >= 0.6 is 0 Å². The summed E-state index contributed by atoms with van der Waals surface area (Å²) in [6.07, 6.45) is 3.57. The fourth-order valence-electron chi connectivity index (χ4n) is 4.77. The van der Waals surface area contributed by atoms with Crippen molar-refractivity contribution >= 4 is 29.3 Å². The first kappa shape index (κ1) is 21.8. The number of carbonyl (C=O) groups excluding carboxylic acids is 3. The molecule has 1 aromatic heterocycles. The summed E-state index contributed by atoms with van der Waals surface area (Å²) >= 11 is 0. The molecule has 2 atom stereocenters. The summed E-state index contributed by atoms with van der Waals surface area (Å²) in [4.78, 5) is 50.7. The second-order valence-corrected chi connectivity index (χ2v) is 8.53. The zero-order valence-electron chi connectivity index (χ0n) is 18.6. The van der Waals surface area contributed by atoms with Crippen LogP contribution in [0.2, 0.25) is 0 Å². The van der Waals surface area contributed by atoms with E-state index in [4.69, 9.17) is 0 Å². The number of hydrazine groups is 1. The largest absolute Gasteiger partial charge is 0.508 e. The van der Waals surface area contributed by atoms with Crippen LogP contribution in [-0.4, -0.2) is 85.5 Å². The van der Waals surface area contributed by atoms with Gasteiger partial charge >= 0.3 is 0 Å². The summed E-state index contributed by atoms with van der Waals surface area (Å²) in [5.41, 5.74) is 3.08. The summed E-state index contributed by atoms with van der Waals surface area (Å²) in [6, 6.07) is 11.4. The van der Waals surface area contributed by atoms with Crippen LogP contribution in [0.5, 0.6) is 5.75 Å². The molecule has 2 fully saturated rings. The van der Waals surface area contributed by atoms with Gasteiger partial charge < -0.3 is 14.9 Å². The molecule has 1 N–H and O–H groups in total. The van der Waals surface area contributed by atoms with Crippen LogP contribution in [0.25, 0.3) is 11.0 Å². The molecule has 3 amide bonds. The van der Waals surface area contributed by atoms with E-state index in [0.29, 0.717) is 11.9 Å². The number of piperazine rings is 1. The highest BCUT2D eigenvalue weighted by Gasteiger charge is 2.49. The predicted molar refractivity (Wildman–Crippen MR) is 122 cm³/mol. The van der Waals surface area contributed by atoms with Gasteiger partial charge in [-0.25, -0.2) is 5.01 Å². The van der Waals surface area contributed by atoms with Gasteiger partial charge in [0.05, 0.1) is 24.1 Å². The lowest BCUT2D eigenvalue weighted by atomic mass is 9.98. The summed E-state index contributed by atoms with van der Waals surface area (Å²) < 4.78 is 0. The van der Waals surface area contributed by atoms with E-state index < -0.39 is 12.2 Å². The Morgan fingerprint density at radius 2 is 1.85 bits per heavy atom. The van der Waals surface area contributed by atoms with E-state index in [2.05, 4.69) is 9.97 Å². The molecule has 2 saturated heterocycles. The predicted octanol–water partition coefficient (Wildman–Crippen LogP) is 0.762. The summed E-state index contributed by atoms with van der Waals surface area (Å²) in [5.74, 6) is -0.287. The van der Waals surface area contributed by atoms with Gasteiger partial charge in [0.15, 0.2) is 0 Å². The van der Waals surface area contributed by atoms with E-state index in [1.54, 1.807) is 53.6 Å². The highest BCUT2D eigenvalue weighted by atomic mass is 16.3. The molecule has 0 spiro atoms. The van der Waals surface area contributed by atoms with E-state index >= 15 is 0 Å². The number of nitrogens with zero attached hydrogens (tertiary/aromatic N) is 6. The molecule has 3 aromatic rings. The molecule has 2 aromatic carbocycles. The van der Waals surface area contributed by atoms with E-state index in [0.717, 1.165) is 16.6 Å². The van der Waals surface area contributed by atoms with E-state index in [1.807, 2.05) is 18.2 Å². The Labute approximate surface area is 196 Å². The SMILES string of the molecule is CN1CC(=O)N2C(CN(Cc3cccc4nccnc34)C(=O)[C@@H]2Cc2ccc(O)cc2)N1C=O. The Morgan fingerprint density at radius 3 is 2.62 bits per heavy atom. The highest BCUT2D eigenvalue weighted by Crippen LogP contribution is 2.29. The Morgan fingerprint density at radius 1 is 1.09 bits per heavy atom. The highest BCUT2D eigenvalue weighted by molar-refractivity contribution is 5.91. The third kappa shape index (κ3) is 3.81. The number of likely N-dealkylation sites (N-methyl/N-ethyl adjacent to an activating group) is 1. The average molecular weight is 460 g/mol. The van der Waals surface area contributed by atoms with Crippen molar-refractivity contribution in [3.63, 3.8) is 0 Å². The van der Waals surface area contributed by atoms with Gasteiger partial charge in [0.1, 0.15) is 18.0 Å². The van der Waals surface area contributed by atoms with Crippen molar-refractivity contribution in [1.82, 2.24) is 29.8 Å². The number of hydrogen-bond donors (Lipinski definition) is 1. The molecule has 3 heterocycles. The third-order valence-electron chi connectivity index (χ3n) is 6.41. The molecule has 1 unspecified atom stereocenters. The van der Waals surface area contributed by atoms with Gasteiger partial charge in [-0.3, -0.25) is 29.4 Å². The molecule has 0 aliphatic carbocycles. The van der Waals surface area contributed by atoms with Crippen molar-refractivity contribution < 1.29 is 19.5 Å². The van der Waals surface area contributed by atoms with Gasteiger partial charge in [0, 0.05) is 32.4 Å². The fourth-order valence-corrected chi connectivity index (χ4v) is 4.77. The van der Waals surface area contributed by atoms with Gasteiger partial charge in [0.25, 0.3) is 0 Å². The number of phenols is 1. The van der Waals surface area contributed by atoms with Gasteiger partial charge in [-0.15, -0.1) is 0 Å². The number of fused-ring (bicyclic) bond motifs is 2. The Balaban J connectivity index is 1.52. The maximum absolute atomic E-state index is 13.7. The van der Waals surface area contributed by atoms with Crippen molar-refractivity contribution in [1.29, 1.82) is 0 Å². The minimum atomic E-state index is -0.784. The zero-order valence-corrected chi connectivity index (χ0v) is 18.6. The van der Waals surface area contributed by atoms with Crippen molar-refractivity contribution in [2.45, 2.75) is 25.2 Å². The number of amides is 3. The molecule has 0 radical (unpaired) electrons. The minimum absolute atomic E-state index is 0.00745. The molecule has 5 rings (SSSR count). The monoisotopic (exact) mass is 460 g/mol. The van der Waals surface area contributed by atoms with Gasteiger partial charge in [0.2, 0.25) is 18.2 Å². The van der Waals surface area contributed by atoms with Gasteiger partial charge in [-0.2, -0.15) is 0 Å². The van der Waals surface area contributed by atoms with Crippen LogP contribution < -0.4 is 0 Å². The average Bonchev–Trinajstić information content (AvgIpc) is 2.83. The number of rotatable bonds is 5. The smallest absolute Gasteiger partial charge is 0.246 e. The standard InChI is InChI=1S/C24H24N6O4/c1-27-14-22(33)30-20(11-16-5-7-18(32)8-6-16)24(34)28(13-21(30)29(27)15-31)12-17-3-2-4-19-23(17)26-10-9-25-19/h2-10,15,20-21,32H,11-14H2,1H3/t20-,21?/m0/s1. The minimum Gasteiger partial charge on any atom is -0.508 e. The second-order valence-electron chi connectivity index (χ2n) is 8.53. The number of benzene rings is 2. The summed E-state index contributed by atoms with van der Waals surface area (Å²) in [7, 11) is 1.68. The first-order valence-corrected chi connectivity index (χ1v) is 11.0. The summed E-state index contributed by atoms with van der Waals surface area (Å²) in [5, 5.41) is 12.7. The number of para-hydroxylation sites is 1. The number of carbonyl (C=O) groups is 3. The maximum atomic E-state index is 13.7. The van der Waals surface area contributed by atoms with Gasteiger partial charge in [-0.05, 0) is 29.3 Å². The Hall–Kier alpha value is -4.05. The molecule has 10 nitrogen and oxygen atoms in total. The number of phenolic OH excluding ortho intramolecular Hbond substituents is 1. The maximum Gasteiger partial charge on any atom is 0.246 e. The first-order valence-electron chi connectivity index (χ1n) is 11.0. The molecule has 34 heavy (non-hydrogen) atoms. The quantitative estimate of drug-likeness (QED) is 0.560. The molecule has 2 aliphatic rings. The third-order valence-corrected chi connectivity index (χ3v) is 6.41. The molecule has 174 valence electrons. The first-order chi connectivity index (χ1) is 16.5. The van der Waals surface area contributed by atoms with Crippen LogP contribution in [0.3, 0.4) is 0 Å². The fraction of sp³-hybridized carbons (Fsp3) is 0.292. The molecule has 0 saturated carbocycles. The van der Waals surface area contributed by atoms with Crippen LogP contribution in [0.1, 0.15) is 11.1 Å². The lowest BCUT2D eigenvalue weighted by molar-refractivity contribution is -0.196. The zero-order chi connectivity index (χ0) is 23.8. The number of aromatic nitrogens is 2. The lowest BCUT2D eigenvalue weighted by Gasteiger charge is -2.53. The number of aromatic hydroxyl groups is 1. The lowest BCUT2D eigenvalue weighted by Crippen LogP contribution is -2.74. The van der Waals surface area contributed by atoms with Crippen molar-refractivity contribution in [3.05, 3.63) is 66.0 Å². The van der Waals surface area contributed by atoms with Crippen LogP contribution in [0.15, 0.2) is 54.9 Å². The van der Waals surface area contributed by atoms with Crippen LogP contribution in [-0.2, 0) is 27.3 Å². The normalized spacial score (nSPS) is 21.1. The molecule has 2 aliphatic heterocycles. The van der Waals surface area contributed by atoms with E-state index in [9.17, 15) is 19.5 Å². The Bertz CT molecular complexity index is 1240. The van der Waals surface area contributed by atoms with Gasteiger partial charge in [-0.1, -0.05) is 24.3 Å². The van der Waals surface area contributed by atoms with Crippen molar-refractivity contribution in [2.24, 2.45) is 0 Å². The summed E-state index contributed by atoms with van der Waals surface area (Å²) in [6.45, 7) is 0.458. The molecule has 0 bridgehead atoms. The van der Waals surface area contributed by atoms with E-state index in [-0.39, 0.29) is 43.6 Å². The van der Waals surface area contributed by atoms with Crippen LogP contribution in [0, 0.1) is 0 Å². The van der Waals surface area contributed by atoms with Crippen molar-refractivity contribution in [2.75, 3.05) is 20.1 Å². The molecular weight excluding hydrogens is 436 g/mol.